The zero-order valence-corrected chi connectivity index (χ0v) is 22.2. The molecule has 2 aromatic rings. The summed E-state index contributed by atoms with van der Waals surface area (Å²) in [6.07, 6.45) is 0.874. The Hall–Kier alpha value is -2.09. The van der Waals surface area contributed by atoms with Crippen molar-refractivity contribution in [1.29, 1.82) is 0 Å². The molecule has 0 amide bonds. The lowest BCUT2D eigenvalue weighted by atomic mass is 9.73. The fourth-order valence-corrected chi connectivity index (χ4v) is 4.81. The molecule has 0 saturated carbocycles. The Bertz CT molecular complexity index is 1110. The van der Waals surface area contributed by atoms with Crippen LogP contribution in [-0.2, 0) is 30.9 Å². The second-order valence-electron chi connectivity index (χ2n) is 11.4. The smallest absolute Gasteiger partial charge is 0.482 e. The third-order valence-corrected chi connectivity index (χ3v) is 7.42. The van der Waals surface area contributed by atoms with E-state index >= 15 is 4.39 Å². The van der Waals surface area contributed by atoms with Crippen molar-refractivity contribution in [3.8, 4) is 5.75 Å². The highest BCUT2D eigenvalue weighted by atomic mass is 35.5. The molecule has 0 radical (unpaired) electrons. The first-order valence-corrected chi connectivity index (χ1v) is 12.3. The molecular formula is C27H33BClFO5. The number of hydrogen-bond donors (Lipinski definition) is 0. The maximum atomic E-state index is 15.0. The Morgan fingerprint density at radius 3 is 2.29 bits per heavy atom. The van der Waals surface area contributed by atoms with Crippen LogP contribution in [0.5, 0.6) is 5.75 Å². The molecule has 35 heavy (non-hydrogen) atoms. The summed E-state index contributed by atoms with van der Waals surface area (Å²) in [4.78, 5) is 12.6. The van der Waals surface area contributed by atoms with Gasteiger partial charge >= 0.3 is 13.1 Å². The summed E-state index contributed by atoms with van der Waals surface area (Å²) in [6, 6.07) is 11.0. The second kappa shape index (κ2) is 8.79. The first-order chi connectivity index (χ1) is 16.1. The average Bonchev–Trinajstić information content (AvgIpc) is 3.20. The molecule has 1 atom stereocenters. The molecule has 188 valence electrons. The van der Waals surface area contributed by atoms with E-state index in [-0.39, 0.29) is 17.4 Å². The van der Waals surface area contributed by atoms with Gasteiger partial charge in [0.05, 0.1) is 16.2 Å². The Morgan fingerprint density at radius 2 is 1.71 bits per heavy atom. The van der Waals surface area contributed by atoms with E-state index in [4.69, 9.17) is 30.4 Å². The first-order valence-electron chi connectivity index (χ1n) is 12.0. The molecule has 0 aromatic heterocycles. The molecule has 0 bridgehead atoms. The summed E-state index contributed by atoms with van der Waals surface area (Å²) in [7, 11) is -0.849. The van der Waals surface area contributed by atoms with E-state index in [1.807, 2.05) is 78.8 Å². The van der Waals surface area contributed by atoms with Crippen molar-refractivity contribution in [2.45, 2.75) is 90.1 Å². The fraction of sp³-hybridized carbons (Fsp3) is 0.519. The highest BCUT2D eigenvalue weighted by molar-refractivity contribution is 6.66. The lowest BCUT2D eigenvalue weighted by molar-refractivity contribution is -0.156. The van der Waals surface area contributed by atoms with Gasteiger partial charge in [0.15, 0.2) is 0 Å². The number of esters is 1. The third kappa shape index (κ3) is 4.96. The normalized spacial score (nSPS) is 22.6. The van der Waals surface area contributed by atoms with Crippen LogP contribution in [0.4, 0.5) is 4.39 Å². The number of hydrogen-bond acceptors (Lipinski definition) is 5. The number of benzene rings is 2. The Kier molecular flexibility index (Phi) is 6.53. The SMILES string of the molecule is CC(C)(C)OC(=O)CC[C@@]1(c2ccccc2)Cc2c(cc(F)c(Cl)c2B2OC(C)(C)C(C)(C)O2)O1. The molecule has 0 aliphatic carbocycles. The molecule has 8 heteroatoms. The van der Waals surface area contributed by atoms with E-state index in [2.05, 4.69) is 0 Å². The number of rotatable bonds is 5. The van der Waals surface area contributed by atoms with E-state index in [1.54, 1.807) is 0 Å². The number of halogens is 2. The predicted molar refractivity (Wildman–Crippen MR) is 135 cm³/mol. The van der Waals surface area contributed by atoms with Gasteiger partial charge < -0.3 is 18.8 Å². The second-order valence-corrected chi connectivity index (χ2v) is 11.8. The van der Waals surface area contributed by atoms with Crippen LogP contribution < -0.4 is 10.2 Å². The molecule has 0 spiro atoms. The van der Waals surface area contributed by atoms with E-state index in [9.17, 15) is 4.79 Å². The molecule has 4 rings (SSSR count). The summed E-state index contributed by atoms with van der Waals surface area (Å²) in [5.41, 5.74) is -0.665. The monoisotopic (exact) mass is 502 g/mol. The Morgan fingerprint density at radius 1 is 1.11 bits per heavy atom. The predicted octanol–water partition coefficient (Wildman–Crippen LogP) is 5.73. The van der Waals surface area contributed by atoms with Gasteiger partial charge in [-0.2, -0.15) is 0 Å². The van der Waals surface area contributed by atoms with Crippen LogP contribution in [0.3, 0.4) is 0 Å². The maximum absolute atomic E-state index is 15.0. The highest BCUT2D eigenvalue weighted by Crippen LogP contribution is 2.46. The molecule has 5 nitrogen and oxygen atoms in total. The van der Waals surface area contributed by atoms with Gasteiger partial charge in [0.1, 0.15) is 22.8 Å². The fourth-order valence-electron chi connectivity index (χ4n) is 4.55. The van der Waals surface area contributed by atoms with Gasteiger partial charge in [-0.3, -0.25) is 4.79 Å². The van der Waals surface area contributed by atoms with Crippen LogP contribution in [0, 0.1) is 5.82 Å². The summed E-state index contributed by atoms with van der Waals surface area (Å²) in [6.45, 7) is 13.3. The summed E-state index contributed by atoms with van der Waals surface area (Å²) in [5, 5.41) is -0.0400. The van der Waals surface area contributed by atoms with E-state index < -0.39 is 35.3 Å². The first kappa shape index (κ1) is 26.0. The van der Waals surface area contributed by atoms with Crippen LogP contribution in [0.15, 0.2) is 36.4 Å². The van der Waals surface area contributed by atoms with Crippen LogP contribution in [0.25, 0.3) is 0 Å². The summed E-state index contributed by atoms with van der Waals surface area (Å²) in [5.74, 6) is -0.543. The maximum Gasteiger partial charge on any atom is 0.496 e. The Balaban J connectivity index is 1.73. The van der Waals surface area contributed by atoms with Gasteiger partial charge in [0.25, 0.3) is 0 Å². The molecule has 2 aromatic carbocycles. The number of carbonyl (C=O) groups is 1. The lowest BCUT2D eigenvalue weighted by Gasteiger charge is -2.32. The van der Waals surface area contributed by atoms with Gasteiger partial charge in [-0.25, -0.2) is 4.39 Å². The minimum Gasteiger partial charge on any atom is -0.482 e. The van der Waals surface area contributed by atoms with Gasteiger partial charge in [-0.15, -0.1) is 0 Å². The molecule has 2 aliphatic heterocycles. The van der Waals surface area contributed by atoms with Gasteiger partial charge in [-0.05, 0) is 59.6 Å². The van der Waals surface area contributed by atoms with Crippen molar-refractivity contribution in [2.24, 2.45) is 0 Å². The summed E-state index contributed by atoms with van der Waals surface area (Å²) < 4.78 is 39.5. The molecule has 0 unspecified atom stereocenters. The molecule has 0 N–H and O–H groups in total. The molecular weight excluding hydrogens is 470 g/mol. The lowest BCUT2D eigenvalue weighted by Crippen LogP contribution is -2.41. The van der Waals surface area contributed by atoms with Crippen molar-refractivity contribution in [3.05, 3.63) is 58.4 Å². The molecule has 2 heterocycles. The van der Waals surface area contributed by atoms with Gasteiger partial charge in [0, 0.05) is 30.8 Å². The molecule has 1 saturated heterocycles. The zero-order chi connectivity index (χ0) is 25.8. The summed E-state index contributed by atoms with van der Waals surface area (Å²) >= 11 is 6.52. The average molecular weight is 503 g/mol. The van der Waals surface area contributed by atoms with Crippen LogP contribution in [-0.4, -0.2) is 29.9 Å². The topological polar surface area (TPSA) is 54.0 Å². The largest absolute Gasteiger partial charge is 0.496 e. The van der Waals surface area contributed by atoms with Crippen LogP contribution >= 0.6 is 11.6 Å². The van der Waals surface area contributed by atoms with Crippen molar-refractivity contribution in [1.82, 2.24) is 0 Å². The van der Waals surface area contributed by atoms with Gasteiger partial charge in [-0.1, -0.05) is 41.9 Å². The standard InChI is InChI=1S/C27H33BClFO5/c1-24(2,3)33-21(31)13-14-27(17-11-9-8-10-12-17)16-18-20(32-27)15-19(30)23(29)22(18)28-34-25(4,5)26(6,7)35-28/h8-12,15H,13-14,16H2,1-7H3/t27-/m0/s1. The molecule has 1 fully saturated rings. The highest BCUT2D eigenvalue weighted by Gasteiger charge is 2.55. The molecule has 2 aliphatic rings. The van der Waals surface area contributed by atoms with E-state index in [1.165, 1.54) is 6.07 Å². The van der Waals surface area contributed by atoms with E-state index in [0.717, 1.165) is 11.1 Å². The third-order valence-electron chi connectivity index (χ3n) is 7.04. The van der Waals surface area contributed by atoms with Crippen LogP contribution in [0.2, 0.25) is 5.02 Å². The van der Waals surface area contributed by atoms with Crippen LogP contribution in [0.1, 0.15) is 72.4 Å². The number of carbonyl (C=O) groups excluding carboxylic acids is 1. The zero-order valence-electron chi connectivity index (χ0n) is 21.5. The number of ether oxygens (including phenoxy) is 2. The van der Waals surface area contributed by atoms with Crippen molar-refractivity contribution < 1.29 is 28.0 Å². The van der Waals surface area contributed by atoms with E-state index in [0.29, 0.717) is 24.1 Å². The quantitative estimate of drug-likeness (QED) is 0.386. The van der Waals surface area contributed by atoms with Crippen molar-refractivity contribution in [2.75, 3.05) is 0 Å². The van der Waals surface area contributed by atoms with Gasteiger partial charge in [0.2, 0.25) is 0 Å². The van der Waals surface area contributed by atoms with Crippen molar-refractivity contribution in [3.63, 3.8) is 0 Å². The minimum absolute atomic E-state index is 0.0400. The Labute approximate surface area is 212 Å². The van der Waals surface area contributed by atoms with Crippen molar-refractivity contribution >= 4 is 30.2 Å². The minimum atomic E-state index is -0.893. The number of fused-ring (bicyclic) bond motifs is 1.